The van der Waals surface area contributed by atoms with Crippen LogP contribution in [0.5, 0.6) is 0 Å². The fourth-order valence-electron chi connectivity index (χ4n) is 1.66. The van der Waals surface area contributed by atoms with Crippen molar-refractivity contribution in [2.45, 2.75) is 6.10 Å². The van der Waals surface area contributed by atoms with Crippen molar-refractivity contribution < 1.29 is 4.74 Å². The van der Waals surface area contributed by atoms with Gasteiger partial charge in [0, 0.05) is 25.5 Å². The smallest absolute Gasteiger partial charge is 0.0885 e. The first-order valence-corrected chi connectivity index (χ1v) is 5.74. The predicted molar refractivity (Wildman–Crippen MR) is 61.9 cm³/mol. The van der Waals surface area contributed by atoms with Gasteiger partial charge in [0.05, 0.1) is 29.3 Å². The number of hydrogen-bond donors (Lipinski definition) is 0. The Balaban J connectivity index is 2.13. The maximum atomic E-state index is 6.07. The van der Waals surface area contributed by atoms with E-state index in [1.165, 1.54) is 0 Å². The molecule has 15 heavy (non-hydrogen) atoms. The summed E-state index contributed by atoms with van der Waals surface area (Å²) in [7, 11) is 0. The first kappa shape index (κ1) is 11.0. The highest BCUT2D eigenvalue weighted by molar-refractivity contribution is 6.33. The second-order valence-electron chi connectivity index (χ2n) is 3.42. The van der Waals surface area contributed by atoms with Crippen LogP contribution in [0.3, 0.4) is 0 Å². The largest absolute Gasteiger partial charge is 0.373 e. The number of halogens is 2. The van der Waals surface area contributed by atoms with E-state index in [0.29, 0.717) is 17.5 Å². The number of nitrogens with zero attached hydrogens (tertiary/aromatic N) is 2. The monoisotopic (exact) mass is 246 g/mol. The molecule has 82 valence electrons. The van der Waals surface area contributed by atoms with Gasteiger partial charge in [-0.05, 0) is 6.07 Å². The summed E-state index contributed by atoms with van der Waals surface area (Å²) in [5, 5.41) is 0.674. The number of ether oxygens (including phenoxy) is 1. The Morgan fingerprint density at radius 1 is 1.60 bits per heavy atom. The number of pyridine rings is 1. The van der Waals surface area contributed by atoms with E-state index in [-0.39, 0.29) is 6.10 Å². The molecule has 2 heterocycles. The van der Waals surface area contributed by atoms with Crippen molar-refractivity contribution in [1.82, 2.24) is 4.98 Å². The zero-order chi connectivity index (χ0) is 10.7. The SMILES string of the molecule is ClCC1CN(c2ccncc2Cl)CCO1. The van der Waals surface area contributed by atoms with Gasteiger partial charge in [-0.25, -0.2) is 0 Å². The molecule has 1 aromatic rings. The summed E-state index contributed by atoms with van der Waals surface area (Å²) >= 11 is 11.8. The summed E-state index contributed by atoms with van der Waals surface area (Å²) in [6.45, 7) is 2.32. The molecule has 1 atom stereocenters. The molecule has 0 N–H and O–H groups in total. The van der Waals surface area contributed by atoms with E-state index in [1.54, 1.807) is 12.4 Å². The van der Waals surface area contributed by atoms with E-state index in [1.807, 2.05) is 6.07 Å². The van der Waals surface area contributed by atoms with Crippen LogP contribution >= 0.6 is 23.2 Å². The number of anilines is 1. The first-order chi connectivity index (χ1) is 7.31. The molecular formula is C10H12Cl2N2O. The van der Waals surface area contributed by atoms with Gasteiger partial charge >= 0.3 is 0 Å². The van der Waals surface area contributed by atoms with Crippen molar-refractivity contribution in [3.05, 3.63) is 23.5 Å². The third kappa shape index (κ3) is 2.54. The molecule has 0 saturated carbocycles. The molecule has 0 radical (unpaired) electrons. The second-order valence-corrected chi connectivity index (χ2v) is 4.14. The number of aromatic nitrogens is 1. The number of rotatable bonds is 2. The molecular weight excluding hydrogens is 235 g/mol. The minimum atomic E-state index is 0.0876. The lowest BCUT2D eigenvalue weighted by Gasteiger charge is -2.34. The molecule has 1 unspecified atom stereocenters. The topological polar surface area (TPSA) is 25.4 Å². The van der Waals surface area contributed by atoms with Crippen LogP contribution in [0.15, 0.2) is 18.5 Å². The summed E-state index contributed by atoms with van der Waals surface area (Å²) < 4.78 is 5.49. The highest BCUT2D eigenvalue weighted by Crippen LogP contribution is 2.25. The lowest BCUT2D eigenvalue weighted by molar-refractivity contribution is 0.0554. The summed E-state index contributed by atoms with van der Waals surface area (Å²) in [5.74, 6) is 0.513. The van der Waals surface area contributed by atoms with Crippen molar-refractivity contribution in [2.75, 3.05) is 30.5 Å². The van der Waals surface area contributed by atoms with Gasteiger partial charge in [-0.2, -0.15) is 0 Å². The standard InChI is InChI=1S/C10H12Cl2N2O/c11-5-8-7-14(3-4-15-8)10-1-2-13-6-9(10)12/h1-2,6,8H,3-5,7H2. The Hall–Kier alpha value is -0.510. The van der Waals surface area contributed by atoms with E-state index < -0.39 is 0 Å². The van der Waals surface area contributed by atoms with E-state index in [4.69, 9.17) is 27.9 Å². The van der Waals surface area contributed by atoms with Gasteiger partial charge in [0.15, 0.2) is 0 Å². The minimum absolute atomic E-state index is 0.0876. The predicted octanol–water partition coefficient (Wildman–Crippen LogP) is 2.18. The van der Waals surface area contributed by atoms with Gasteiger partial charge < -0.3 is 9.64 Å². The Labute approximate surface area is 98.9 Å². The fourth-order valence-corrected chi connectivity index (χ4v) is 2.08. The summed E-state index contributed by atoms with van der Waals surface area (Å²) in [6, 6.07) is 1.92. The van der Waals surface area contributed by atoms with Crippen molar-refractivity contribution in [1.29, 1.82) is 0 Å². The summed E-state index contributed by atoms with van der Waals surface area (Å²) in [4.78, 5) is 6.14. The fraction of sp³-hybridized carbons (Fsp3) is 0.500. The van der Waals surface area contributed by atoms with Crippen LogP contribution in [-0.4, -0.2) is 36.7 Å². The molecule has 0 spiro atoms. The van der Waals surface area contributed by atoms with Crippen molar-refractivity contribution >= 4 is 28.9 Å². The van der Waals surface area contributed by atoms with Crippen LogP contribution in [0.2, 0.25) is 5.02 Å². The molecule has 5 heteroatoms. The summed E-state index contributed by atoms with van der Waals surface area (Å²) in [5.41, 5.74) is 1.00. The molecule has 0 bridgehead atoms. The van der Waals surface area contributed by atoms with E-state index in [9.17, 15) is 0 Å². The van der Waals surface area contributed by atoms with Gasteiger partial charge in [0.1, 0.15) is 0 Å². The average molecular weight is 247 g/mol. The first-order valence-electron chi connectivity index (χ1n) is 4.83. The minimum Gasteiger partial charge on any atom is -0.373 e. The van der Waals surface area contributed by atoms with Gasteiger partial charge in [-0.1, -0.05) is 11.6 Å². The van der Waals surface area contributed by atoms with Gasteiger partial charge in [-0.15, -0.1) is 11.6 Å². The summed E-state index contributed by atoms with van der Waals surface area (Å²) in [6.07, 6.45) is 3.48. The van der Waals surface area contributed by atoms with Gasteiger partial charge in [-0.3, -0.25) is 4.98 Å². The Kier molecular flexibility index (Phi) is 3.67. The third-order valence-corrected chi connectivity index (χ3v) is 3.04. The van der Waals surface area contributed by atoms with Crippen LogP contribution in [-0.2, 0) is 4.74 Å². The Morgan fingerprint density at radius 2 is 2.47 bits per heavy atom. The van der Waals surface area contributed by atoms with E-state index >= 15 is 0 Å². The van der Waals surface area contributed by atoms with E-state index in [0.717, 1.165) is 18.8 Å². The number of hydrogen-bond acceptors (Lipinski definition) is 3. The average Bonchev–Trinajstić information content (AvgIpc) is 2.30. The van der Waals surface area contributed by atoms with Crippen molar-refractivity contribution in [3.8, 4) is 0 Å². The number of morpholine rings is 1. The van der Waals surface area contributed by atoms with Gasteiger partial charge in [0.25, 0.3) is 0 Å². The van der Waals surface area contributed by atoms with Crippen molar-refractivity contribution in [3.63, 3.8) is 0 Å². The molecule has 1 aliphatic rings. The maximum absolute atomic E-state index is 6.07. The molecule has 3 nitrogen and oxygen atoms in total. The van der Waals surface area contributed by atoms with Crippen LogP contribution in [0, 0.1) is 0 Å². The van der Waals surface area contributed by atoms with E-state index in [2.05, 4.69) is 9.88 Å². The molecule has 1 fully saturated rings. The molecule has 1 saturated heterocycles. The highest BCUT2D eigenvalue weighted by atomic mass is 35.5. The second kappa shape index (κ2) is 5.01. The zero-order valence-corrected chi connectivity index (χ0v) is 9.71. The molecule has 0 amide bonds. The van der Waals surface area contributed by atoms with Gasteiger partial charge in [0.2, 0.25) is 0 Å². The molecule has 0 aromatic carbocycles. The van der Waals surface area contributed by atoms with Crippen LogP contribution in [0.4, 0.5) is 5.69 Å². The normalized spacial score (nSPS) is 21.7. The Morgan fingerprint density at radius 3 is 3.20 bits per heavy atom. The van der Waals surface area contributed by atoms with Crippen LogP contribution in [0.1, 0.15) is 0 Å². The zero-order valence-electron chi connectivity index (χ0n) is 8.20. The number of alkyl halides is 1. The molecule has 0 aliphatic carbocycles. The van der Waals surface area contributed by atoms with Crippen LogP contribution < -0.4 is 4.90 Å². The lowest BCUT2D eigenvalue weighted by atomic mass is 10.2. The highest BCUT2D eigenvalue weighted by Gasteiger charge is 2.21. The van der Waals surface area contributed by atoms with Crippen molar-refractivity contribution in [2.24, 2.45) is 0 Å². The molecule has 1 aliphatic heterocycles. The maximum Gasteiger partial charge on any atom is 0.0885 e. The Bertz CT molecular complexity index is 335. The molecule has 1 aromatic heterocycles. The lowest BCUT2D eigenvalue weighted by Crippen LogP contribution is -2.43. The van der Waals surface area contributed by atoms with Crippen LogP contribution in [0.25, 0.3) is 0 Å². The quantitative estimate of drug-likeness (QED) is 0.749. The third-order valence-electron chi connectivity index (χ3n) is 2.40. The molecule has 2 rings (SSSR count).